The Morgan fingerprint density at radius 2 is 1.38 bits per heavy atom. The van der Waals surface area contributed by atoms with Crippen LogP contribution in [0.5, 0.6) is 0 Å². The van der Waals surface area contributed by atoms with E-state index in [0.29, 0.717) is 6.42 Å². The fraction of sp³-hybridized carbons (Fsp3) is 0.947. The summed E-state index contributed by atoms with van der Waals surface area (Å²) in [5.41, 5.74) is 0. The zero-order chi connectivity index (χ0) is 15.3. The lowest BCUT2D eigenvalue weighted by atomic mass is 9.79. The fourth-order valence-electron chi connectivity index (χ4n) is 3.62. The molecule has 0 spiro atoms. The molecule has 0 saturated heterocycles. The summed E-state index contributed by atoms with van der Waals surface area (Å²) < 4.78 is 4.64. The van der Waals surface area contributed by atoms with Crippen LogP contribution in [0.3, 0.4) is 0 Å². The Balaban J connectivity index is 1.82. The SMILES string of the molecule is CCC1CCC(CCCCCCCCCC(=O)OC)CC1. The van der Waals surface area contributed by atoms with Crippen molar-refractivity contribution in [1.82, 2.24) is 0 Å². The standard InChI is InChI=1S/C19H36O2/c1-3-17-13-15-18(16-14-17)11-9-7-5-4-6-8-10-12-19(20)21-2/h17-18H,3-16H2,1-2H3. The first-order valence-corrected chi connectivity index (χ1v) is 9.33. The minimum Gasteiger partial charge on any atom is -0.469 e. The molecule has 2 nitrogen and oxygen atoms in total. The van der Waals surface area contributed by atoms with Gasteiger partial charge in [-0.05, 0) is 18.3 Å². The van der Waals surface area contributed by atoms with E-state index in [4.69, 9.17) is 0 Å². The average molecular weight is 296 g/mol. The van der Waals surface area contributed by atoms with Crippen molar-refractivity contribution in [3.63, 3.8) is 0 Å². The summed E-state index contributed by atoms with van der Waals surface area (Å²) in [5.74, 6) is 2.01. The normalized spacial score (nSPS) is 22.2. The van der Waals surface area contributed by atoms with Gasteiger partial charge in [-0.1, -0.05) is 84.0 Å². The summed E-state index contributed by atoms with van der Waals surface area (Å²) in [7, 11) is 1.47. The molecule has 1 aliphatic rings. The Morgan fingerprint density at radius 3 is 1.95 bits per heavy atom. The van der Waals surface area contributed by atoms with E-state index < -0.39 is 0 Å². The average Bonchev–Trinajstić information content (AvgIpc) is 2.53. The highest BCUT2D eigenvalue weighted by Gasteiger charge is 2.19. The van der Waals surface area contributed by atoms with Gasteiger partial charge in [-0.3, -0.25) is 4.79 Å². The summed E-state index contributed by atoms with van der Waals surface area (Å²) in [6.07, 6.45) is 18.4. The molecule has 124 valence electrons. The van der Waals surface area contributed by atoms with Crippen LogP contribution >= 0.6 is 0 Å². The van der Waals surface area contributed by atoms with Gasteiger partial charge in [0, 0.05) is 6.42 Å². The molecule has 0 unspecified atom stereocenters. The lowest BCUT2D eigenvalue weighted by Gasteiger charge is -2.27. The number of ether oxygens (including phenoxy) is 1. The van der Waals surface area contributed by atoms with E-state index in [0.717, 1.165) is 18.3 Å². The minimum absolute atomic E-state index is 0.0622. The van der Waals surface area contributed by atoms with Crippen LogP contribution in [-0.2, 0) is 9.53 Å². The van der Waals surface area contributed by atoms with Crippen molar-refractivity contribution < 1.29 is 9.53 Å². The van der Waals surface area contributed by atoms with Gasteiger partial charge in [-0.15, -0.1) is 0 Å². The molecule has 21 heavy (non-hydrogen) atoms. The van der Waals surface area contributed by atoms with Gasteiger partial charge in [-0.25, -0.2) is 0 Å². The molecule has 1 aliphatic carbocycles. The van der Waals surface area contributed by atoms with Gasteiger partial charge in [0.15, 0.2) is 0 Å². The highest BCUT2D eigenvalue weighted by atomic mass is 16.5. The van der Waals surface area contributed by atoms with Crippen LogP contribution in [0.25, 0.3) is 0 Å². The van der Waals surface area contributed by atoms with Crippen molar-refractivity contribution in [2.24, 2.45) is 11.8 Å². The number of unbranched alkanes of at least 4 members (excludes halogenated alkanes) is 6. The molecule has 0 amide bonds. The maximum Gasteiger partial charge on any atom is 0.305 e. The summed E-state index contributed by atoms with van der Waals surface area (Å²) >= 11 is 0. The first kappa shape index (κ1) is 18.5. The van der Waals surface area contributed by atoms with Crippen molar-refractivity contribution in [3.8, 4) is 0 Å². The molecule has 1 rings (SSSR count). The Labute approximate surface area is 132 Å². The van der Waals surface area contributed by atoms with Crippen molar-refractivity contribution in [1.29, 1.82) is 0 Å². The Hall–Kier alpha value is -0.530. The molecule has 0 radical (unpaired) electrons. The Kier molecular flexibility index (Phi) is 10.6. The molecule has 2 heteroatoms. The van der Waals surface area contributed by atoms with Gasteiger partial charge < -0.3 is 4.74 Å². The van der Waals surface area contributed by atoms with E-state index in [1.54, 1.807) is 0 Å². The number of carbonyl (C=O) groups is 1. The monoisotopic (exact) mass is 296 g/mol. The van der Waals surface area contributed by atoms with Crippen molar-refractivity contribution in [2.45, 2.75) is 96.8 Å². The number of esters is 1. The van der Waals surface area contributed by atoms with Crippen LogP contribution in [-0.4, -0.2) is 13.1 Å². The molecular weight excluding hydrogens is 260 g/mol. The molecule has 1 fully saturated rings. The highest BCUT2D eigenvalue weighted by molar-refractivity contribution is 5.68. The van der Waals surface area contributed by atoms with Gasteiger partial charge in [0.2, 0.25) is 0 Å². The molecular formula is C19H36O2. The second kappa shape index (κ2) is 12.1. The second-order valence-electron chi connectivity index (χ2n) is 6.88. The Morgan fingerprint density at radius 1 is 0.857 bits per heavy atom. The topological polar surface area (TPSA) is 26.3 Å². The van der Waals surface area contributed by atoms with Gasteiger partial charge >= 0.3 is 5.97 Å². The smallest absolute Gasteiger partial charge is 0.305 e. The van der Waals surface area contributed by atoms with E-state index >= 15 is 0 Å². The van der Waals surface area contributed by atoms with Crippen LogP contribution in [0.1, 0.15) is 96.8 Å². The number of rotatable bonds is 11. The van der Waals surface area contributed by atoms with Gasteiger partial charge in [0.1, 0.15) is 0 Å². The predicted octanol–water partition coefficient (Wildman–Crippen LogP) is 5.89. The molecule has 0 N–H and O–H groups in total. The summed E-state index contributed by atoms with van der Waals surface area (Å²) in [6, 6.07) is 0. The van der Waals surface area contributed by atoms with E-state index in [-0.39, 0.29) is 5.97 Å². The third kappa shape index (κ3) is 9.16. The van der Waals surface area contributed by atoms with Gasteiger partial charge in [0.05, 0.1) is 7.11 Å². The van der Waals surface area contributed by atoms with Crippen LogP contribution in [0.2, 0.25) is 0 Å². The lowest BCUT2D eigenvalue weighted by Crippen LogP contribution is -2.13. The van der Waals surface area contributed by atoms with E-state index in [1.807, 2.05) is 0 Å². The van der Waals surface area contributed by atoms with Crippen molar-refractivity contribution in [3.05, 3.63) is 0 Å². The van der Waals surface area contributed by atoms with Crippen LogP contribution in [0.4, 0.5) is 0 Å². The molecule has 0 aromatic carbocycles. The third-order valence-electron chi connectivity index (χ3n) is 5.26. The maximum absolute atomic E-state index is 11.0. The minimum atomic E-state index is -0.0622. The fourth-order valence-corrected chi connectivity index (χ4v) is 3.62. The molecule has 0 aromatic rings. The first-order valence-electron chi connectivity index (χ1n) is 9.33. The van der Waals surface area contributed by atoms with Crippen LogP contribution in [0, 0.1) is 11.8 Å². The molecule has 0 atom stereocenters. The van der Waals surface area contributed by atoms with Crippen molar-refractivity contribution in [2.75, 3.05) is 7.11 Å². The summed E-state index contributed by atoms with van der Waals surface area (Å²) in [4.78, 5) is 11.0. The second-order valence-corrected chi connectivity index (χ2v) is 6.88. The number of methoxy groups -OCH3 is 1. The number of hydrogen-bond donors (Lipinski definition) is 0. The zero-order valence-corrected chi connectivity index (χ0v) is 14.4. The quantitative estimate of drug-likeness (QED) is 0.351. The van der Waals surface area contributed by atoms with Crippen LogP contribution < -0.4 is 0 Å². The Bertz CT molecular complexity index is 254. The molecule has 0 heterocycles. The zero-order valence-electron chi connectivity index (χ0n) is 14.4. The van der Waals surface area contributed by atoms with E-state index in [9.17, 15) is 4.79 Å². The molecule has 1 saturated carbocycles. The van der Waals surface area contributed by atoms with E-state index in [2.05, 4.69) is 11.7 Å². The van der Waals surface area contributed by atoms with E-state index in [1.165, 1.54) is 84.2 Å². The largest absolute Gasteiger partial charge is 0.469 e. The number of carbonyl (C=O) groups excluding carboxylic acids is 1. The van der Waals surface area contributed by atoms with Gasteiger partial charge in [-0.2, -0.15) is 0 Å². The van der Waals surface area contributed by atoms with Crippen molar-refractivity contribution >= 4 is 5.97 Å². The third-order valence-corrected chi connectivity index (χ3v) is 5.26. The molecule has 0 bridgehead atoms. The lowest BCUT2D eigenvalue weighted by molar-refractivity contribution is -0.140. The van der Waals surface area contributed by atoms with Crippen LogP contribution in [0.15, 0.2) is 0 Å². The predicted molar refractivity (Wildman–Crippen MR) is 89.3 cm³/mol. The summed E-state index contributed by atoms with van der Waals surface area (Å²) in [5, 5.41) is 0. The first-order chi connectivity index (χ1) is 10.3. The number of hydrogen-bond acceptors (Lipinski definition) is 2. The van der Waals surface area contributed by atoms with Gasteiger partial charge in [0.25, 0.3) is 0 Å². The maximum atomic E-state index is 11.0. The summed E-state index contributed by atoms with van der Waals surface area (Å²) in [6.45, 7) is 2.34. The molecule has 0 aromatic heterocycles. The highest BCUT2D eigenvalue weighted by Crippen LogP contribution is 2.33. The molecule has 0 aliphatic heterocycles.